The molecule has 0 aliphatic heterocycles. The summed E-state index contributed by atoms with van der Waals surface area (Å²) in [6, 6.07) is 0. The molecule has 7 heteroatoms. The van der Waals surface area contributed by atoms with Gasteiger partial charge in [-0.3, -0.25) is 4.98 Å². The lowest BCUT2D eigenvalue weighted by Gasteiger charge is -2.09. The maximum Gasteiger partial charge on any atom is 0.573 e. The number of halogens is 5. The van der Waals surface area contributed by atoms with Gasteiger partial charge in [-0.2, -0.15) is 0 Å². The van der Waals surface area contributed by atoms with E-state index >= 15 is 0 Å². The minimum absolute atomic E-state index is 0.145. The van der Waals surface area contributed by atoms with Crippen LogP contribution in [-0.4, -0.2) is 11.3 Å². The SMILES string of the molecule is Fc1c(CCl)cncc1OC(F)(F)F. The van der Waals surface area contributed by atoms with E-state index < -0.39 is 17.9 Å². The third kappa shape index (κ3) is 2.73. The van der Waals surface area contributed by atoms with Gasteiger partial charge in [0.25, 0.3) is 0 Å². The summed E-state index contributed by atoms with van der Waals surface area (Å²) in [6.07, 6.45) is -3.27. The lowest BCUT2D eigenvalue weighted by Crippen LogP contribution is -2.18. The first-order valence-electron chi connectivity index (χ1n) is 3.38. The predicted octanol–water partition coefficient (Wildman–Crippen LogP) is 2.86. The molecule has 0 radical (unpaired) electrons. The lowest BCUT2D eigenvalue weighted by molar-refractivity contribution is -0.275. The highest BCUT2D eigenvalue weighted by atomic mass is 35.5. The molecule has 0 N–H and O–H groups in total. The van der Waals surface area contributed by atoms with Crippen LogP contribution in [0.25, 0.3) is 0 Å². The monoisotopic (exact) mass is 229 g/mol. The van der Waals surface area contributed by atoms with Gasteiger partial charge in [0.1, 0.15) is 0 Å². The van der Waals surface area contributed by atoms with Gasteiger partial charge in [0.2, 0.25) is 0 Å². The standard InChI is InChI=1S/C7H4ClF4NO/c8-1-4-2-13-3-5(6(4)9)14-7(10,11)12/h2-3H,1H2. The Labute approximate surface area is 81.5 Å². The first kappa shape index (κ1) is 11.0. The summed E-state index contributed by atoms with van der Waals surface area (Å²) in [5, 5.41) is 0. The second-order valence-corrected chi connectivity index (χ2v) is 2.56. The van der Waals surface area contributed by atoms with Crippen molar-refractivity contribution in [2.75, 3.05) is 0 Å². The minimum Gasteiger partial charge on any atom is -0.401 e. The van der Waals surface area contributed by atoms with E-state index in [1.165, 1.54) is 0 Å². The van der Waals surface area contributed by atoms with Crippen molar-refractivity contribution in [1.29, 1.82) is 0 Å². The fourth-order valence-corrected chi connectivity index (χ4v) is 0.942. The molecule has 0 amide bonds. The minimum atomic E-state index is -4.94. The van der Waals surface area contributed by atoms with Crippen LogP contribution in [0.4, 0.5) is 17.6 Å². The van der Waals surface area contributed by atoms with Crippen LogP contribution in [0.3, 0.4) is 0 Å². The van der Waals surface area contributed by atoms with Crippen molar-refractivity contribution >= 4 is 11.6 Å². The summed E-state index contributed by atoms with van der Waals surface area (Å²) in [6.45, 7) is 0. The first-order valence-corrected chi connectivity index (χ1v) is 3.91. The van der Waals surface area contributed by atoms with Gasteiger partial charge in [0.15, 0.2) is 11.6 Å². The Morgan fingerprint density at radius 1 is 1.36 bits per heavy atom. The van der Waals surface area contributed by atoms with E-state index in [0.717, 1.165) is 6.20 Å². The molecule has 1 heterocycles. The van der Waals surface area contributed by atoms with Gasteiger partial charge in [0.05, 0.1) is 12.1 Å². The molecule has 0 bridgehead atoms. The molecule has 1 rings (SSSR count). The Morgan fingerprint density at radius 2 is 2.00 bits per heavy atom. The van der Waals surface area contributed by atoms with Gasteiger partial charge in [-0.05, 0) is 0 Å². The maximum absolute atomic E-state index is 13.1. The molecule has 1 aromatic rings. The normalized spacial score (nSPS) is 11.5. The highest BCUT2D eigenvalue weighted by molar-refractivity contribution is 6.17. The zero-order valence-corrected chi connectivity index (χ0v) is 7.36. The second kappa shape index (κ2) is 4.00. The molecule has 2 nitrogen and oxygen atoms in total. The number of alkyl halides is 4. The highest BCUT2D eigenvalue weighted by Crippen LogP contribution is 2.26. The Kier molecular flexibility index (Phi) is 3.15. The van der Waals surface area contributed by atoms with Crippen molar-refractivity contribution in [3.63, 3.8) is 0 Å². The van der Waals surface area contributed by atoms with E-state index in [0.29, 0.717) is 6.20 Å². The highest BCUT2D eigenvalue weighted by Gasteiger charge is 2.32. The van der Waals surface area contributed by atoms with E-state index in [-0.39, 0.29) is 11.4 Å². The zero-order valence-electron chi connectivity index (χ0n) is 6.61. The molecule has 0 aliphatic rings. The molecule has 0 fully saturated rings. The third-order valence-corrected chi connectivity index (χ3v) is 1.58. The van der Waals surface area contributed by atoms with Crippen LogP contribution in [0.5, 0.6) is 5.75 Å². The van der Waals surface area contributed by atoms with Gasteiger partial charge >= 0.3 is 6.36 Å². The molecule has 0 atom stereocenters. The molecule has 14 heavy (non-hydrogen) atoms. The van der Waals surface area contributed by atoms with Crippen LogP contribution in [0.2, 0.25) is 0 Å². The number of hydrogen-bond acceptors (Lipinski definition) is 2. The van der Waals surface area contributed by atoms with Crippen molar-refractivity contribution in [2.45, 2.75) is 12.2 Å². The molecule has 0 unspecified atom stereocenters. The van der Waals surface area contributed by atoms with Crippen LogP contribution < -0.4 is 4.74 Å². The topological polar surface area (TPSA) is 22.1 Å². The number of pyridine rings is 1. The smallest absolute Gasteiger partial charge is 0.401 e. The third-order valence-electron chi connectivity index (χ3n) is 1.29. The Morgan fingerprint density at radius 3 is 2.50 bits per heavy atom. The first-order chi connectivity index (χ1) is 6.44. The van der Waals surface area contributed by atoms with Crippen molar-refractivity contribution < 1.29 is 22.3 Å². The quantitative estimate of drug-likeness (QED) is 0.575. The van der Waals surface area contributed by atoms with Crippen molar-refractivity contribution in [3.8, 4) is 5.75 Å². The Balaban J connectivity index is 2.98. The van der Waals surface area contributed by atoms with Gasteiger partial charge < -0.3 is 4.74 Å². The van der Waals surface area contributed by atoms with Crippen molar-refractivity contribution in [2.24, 2.45) is 0 Å². The molecule has 1 aromatic heterocycles. The molecular weight excluding hydrogens is 226 g/mol. The largest absolute Gasteiger partial charge is 0.573 e. The van der Waals surface area contributed by atoms with Crippen LogP contribution in [-0.2, 0) is 5.88 Å². The number of aromatic nitrogens is 1. The van der Waals surface area contributed by atoms with Gasteiger partial charge in [0, 0.05) is 11.8 Å². The number of ether oxygens (including phenoxy) is 1. The summed E-state index contributed by atoms with van der Waals surface area (Å²) in [7, 11) is 0. The van der Waals surface area contributed by atoms with Gasteiger partial charge in [-0.1, -0.05) is 0 Å². The number of nitrogens with zero attached hydrogens (tertiary/aromatic N) is 1. The van der Waals surface area contributed by atoms with Gasteiger partial charge in [-0.15, -0.1) is 24.8 Å². The zero-order chi connectivity index (χ0) is 10.8. The summed E-state index contributed by atoms with van der Waals surface area (Å²) < 4.78 is 51.6. The van der Waals surface area contributed by atoms with E-state index in [1.807, 2.05) is 0 Å². The average molecular weight is 230 g/mol. The summed E-state index contributed by atoms with van der Waals surface area (Å²) in [5.41, 5.74) is -0.145. The molecule has 78 valence electrons. The summed E-state index contributed by atoms with van der Waals surface area (Å²) >= 11 is 5.26. The van der Waals surface area contributed by atoms with Gasteiger partial charge in [-0.25, -0.2) is 4.39 Å². The molecular formula is C7H4ClF4NO. The van der Waals surface area contributed by atoms with Crippen LogP contribution in [0.15, 0.2) is 12.4 Å². The molecule has 0 saturated heterocycles. The Hall–Kier alpha value is -1.04. The van der Waals surface area contributed by atoms with Crippen molar-refractivity contribution in [1.82, 2.24) is 4.98 Å². The van der Waals surface area contributed by atoms with Crippen LogP contribution in [0, 0.1) is 5.82 Å². The molecule has 0 aliphatic carbocycles. The van der Waals surface area contributed by atoms with Crippen molar-refractivity contribution in [3.05, 3.63) is 23.8 Å². The second-order valence-electron chi connectivity index (χ2n) is 2.29. The molecule has 0 saturated carbocycles. The molecule has 0 aromatic carbocycles. The lowest BCUT2D eigenvalue weighted by atomic mass is 10.3. The number of rotatable bonds is 2. The van der Waals surface area contributed by atoms with Crippen LogP contribution >= 0.6 is 11.6 Å². The fraction of sp³-hybridized carbons (Fsp3) is 0.286. The van der Waals surface area contributed by atoms with E-state index in [9.17, 15) is 17.6 Å². The Bertz CT molecular complexity index is 328. The van der Waals surface area contributed by atoms with E-state index in [4.69, 9.17) is 11.6 Å². The number of hydrogen-bond donors (Lipinski definition) is 0. The summed E-state index contributed by atoms with van der Waals surface area (Å²) in [5.74, 6) is -2.39. The van der Waals surface area contributed by atoms with E-state index in [2.05, 4.69) is 9.72 Å². The molecule has 0 spiro atoms. The maximum atomic E-state index is 13.1. The average Bonchev–Trinajstić information content (AvgIpc) is 2.06. The van der Waals surface area contributed by atoms with E-state index in [1.54, 1.807) is 0 Å². The van der Waals surface area contributed by atoms with Crippen LogP contribution in [0.1, 0.15) is 5.56 Å². The predicted molar refractivity (Wildman–Crippen MR) is 40.4 cm³/mol. The fourth-order valence-electron chi connectivity index (χ4n) is 0.756. The summed E-state index contributed by atoms with van der Waals surface area (Å²) in [4.78, 5) is 3.35.